The Morgan fingerprint density at radius 1 is 0.828 bits per heavy atom. The van der Waals surface area contributed by atoms with E-state index < -0.39 is 0 Å². The van der Waals surface area contributed by atoms with Crippen molar-refractivity contribution in [1.29, 1.82) is 0 Å². The number of nitrogens with zero attached hydrogens (tertiary/aromatic N) is 5. The maximum atomic E-state index is 4.75. The third-order valence-corrected chi connectivity index (χ3v) is 5.44. The number of hydrogen-bond acceptors (Lipinski definition) is 5. The van der Waals surface area contributed by atoms with Gasteiger partial charge >= 0.3 is 0 Å². The summed E-state index contributed by atoms with van der Waals surface area (Å²) in [5.74, 6) is 2.80. The van der Waals surface area contributed by atoms with Gasteiger partial charge in [0.05, 0.1) is 0 Å². The molecule has 1 aliphatic heterocycles. The summed E-state index contributed by atoms with van der Waals surface area (Å²) in [6, 6.07) is 21.4. The zero-order valence-corrected chi connectivity index (χ0v) is 17.5. The van der Waals surface area contributed by atoms with Crippen LogP contribution >= 0.6 is 0 Å². The predicted octanol–water partition coefficient (Wildman–Crippen LogP) is 4.58. The summed E-state index contributed by atoms with van der Waals surface area (Å²) >= 11 is 0. The summed E-state index contributed by atoms with van der Waals surface area (Å²) in [6.45, 7) is 11.1. The molecule has 5 nitrogen and oxygen atoms in total. The highest BCUT2D eigenvalue weighted by Gasteiger charge is 2.20. The van der Waals surface area contributed by atoms with Gasteiger partial charge in [-0.05, 0) is 50.6 Å². The minimum Gasteiger partial charge on any atom is -0.368 e. The van der Waals surface area contributed by atoms with E-state index in [2.05, 4.69) is 89.2 Å². The van der Waals surface area contributed by atoms with Crippen LogP contribution in [0.25, 0.3) is 0 Å². The van der Waals surface area contributed by atoms with E-state index in [1.807, 2.05) is 6.92 Å². The molecule has 1 saturated heterocycles. The number of piperazine rings is 1. The molecule has 0 radical (unpaired) electrons. The van der Waals surface area contributed by atoms with Gasteiger partial charge in [-0.2, -0.15) is 0 Å². The van der Waals surface area contributed by atoms with Crippen LogP contribution in [0.15, 0.2) is 60.7 Å². The first-order chi connectivity index (χ1) is 14.1. The molecular formula is C24H29N5. The van der Waals surface area contributed by atoms with Gasteiger partial charge in [0.15, 0.2) is 0 Å². The Labute approximate surface area is 173 Å². The lowest BCUT2D eigenvalue weighted by molar-refractivity contribution is 0.645. The molecule has 5 heteroatoms. The molecule has 0 saturated carbocycles. The van der Waals surface area contributed by atoms with Crippen LogP contribution in [0, 0.1) is 13.8 Å². The summed E-state index contributed by atoms with van der Waals surface area (Å²) < 4.78 is 0. The summed E-state index contributed by atoms with van der Waals surface area (Å²) in [5.41, 5.74) is 3.72. The van der Waals surface area contributed by atoms with E-state index in [9.17, 15) is 0 Å². The van der Waals surface area contributed by atoms with Crippen LogP contribution in [-0.2, 0) is 0 Å². The monoisotopic (exact) mass is 387 g/mol. The second kappa shape index (κ2) is 8.52. The highest BCUT2D eigenvalue weighted by molar-refractivity contribution is 5.63. The molecule has 3 aromatic rings. The SMILES string of the molecule is CCN(c1cccc(C)c1)c1cc(N2CCN(c3ccccc3)CC2)nc(C)n1. The van der Waals surface area contributed by atoms with Gasteiger partial charge in [-0.15, -0.1) is 0 Å². The van der Waals surface area contributed by atoms with Gasteiger partial charge in [-0.1, -0.05) is 30.3 Å². The second-order valence-corrected chi connectivity index (χ2v) is 7.52. The first kappa shape index (κ1) is 19.2. The van der Waals surface area contributed by atoms with Crippen molar-refractivity contribution >= 4 is 23.0 Å². The first-order valence-corrected chi connectivity index (χ1v) is 10.4. The van der Waals surface area contributed by atoms with Crippen LogP contribution in [0.5, 0.6) is 0 Å². The average Bonchev–Trinajstić information content (AvgIpc) is 2.75. The van der Waals surface area contributed by atoms with Crippen LogP contribution in [0.3, 0.4) is 0 Å². The zero-order chi connectivity index (χ0) is 20.2. The van der Waals surface area contributed by atoms with Crippen molar-refractivity contribution in [3.05, 3.63) is 72.1 Å². The minimum absolute atomic E-state index is 0.814. The lowest BCUT2D eigenvalue weighted by Crippen LogP contribution is -2.47. The fourth-order valence-electron chi connectivity index (χ4n) is 3.94. The summed E-state index contributed by atoms with van der Waals surface area (Å²) in [5, 5.41) is 0. The molecular weight excluding hydrogens is 358 g/mol. The molecule has 0 aliphatic carbocycles. The molecule has 150 valence electrons. The molecule has 0 N–H and O–H groups in total. The van der Waals surface area contributed by atoms with Crippen molar-refractivity contribution in [2.45, 2.75) is 20.8 Å². The molecule has 0 amide bonds. The smallest absolute Gasteiger partial charge is 0.138 e. The predicted molar refractivity (Wildman–Crippen MR) is 121 cm³/mol. The van der Waals surface area contributed by atoms with Gasteiger partial charge in [0.25, 0.3) is 0 Å². The van der Waals surface area contributed by atoms with Crippen LogP contribution in [0.2, 0.25) is 0 Å². The lowest BCUT2D eigenvalue weighted by atomic mass is 10.2. The van der Waals surface area contributed by atoms with Crippen molar-refractivity contribution < 1.29 is 0 Å². The van der Waals surface area contributed by atoms with Gasteiger partial charge in [0.2, 0.25) is 0 Å². The molecule has 1 aromatic heterocycles. The van der Waals surface area contributed by atoms with E-state index >= 15 is 0 Å². The van der Waals surface area contributed by atoms with Crippen molar-refractivity contribution in [2.75, 3.05) is 47.4 Å². The Kier molecular flexibility index (Phi) is 5.65. The maximum absolute atomic E-state index is 4.75. The number of benzene rings is 2. The summed E-state index contributed by atoms with van der Waals surface area (Å²) in [4.78, 5) is 16.6. The van der Waals surface area contributed by atoms with E-state index in [1.165, 1.54) is 16.9 Å². The number of anilines is 4. The van der Waals surface area contributed by atoms with Crippen LogP contribution in [-0.4, -0.2) is 42.7 Å². The molecule has 29 heavy (non-hydrogen) atoms. The maximum Gasteiger partial charge on any atom is 0.138 e. The van der Waals surface area contributed by atoms with Crippen molar-refractivity contribution in [3.8, 4) is 0 Å². The number of hydrogen-bond donors (Lipinski definition) is 0. The minimum atomic E-state index is 0.814. The third-order valence-electron chi connectivity index (χ3n) is 5.44. The van der Waals surface area contributed by atoms with Gasteiger partial charge in [0, 0.05) is 50.2 Å². The Morgan fingerprint density at radius 3 is 2.24 bits per heavy atom. The number of aryl methyl sites for hydroxylation is 2. The molecule has 0 spiro atoms. The van der Waals surface area contributed by atoms with E-state index in [-0.39, 0.29) is 0 Å². The molecule has 1 aliphatic rings. The third kappa shape index (κ3) is 4.34. The molecule has 0 atom stereocenters. The van der Waals surface area contributed by atoms with Gasteiger partial charge < -0.3 is 14.7 Å². The standard InChI is InChI=1S/C24H29N5/c1-4-29(22-12-8-9-19(2)17-22)24-18-23(25-20(3)26-24)28-15-13-27(14-16-28)21-10-6-5-7-11-21/h5-12,17-18H,4,13-16H2,1-3H3. The fraction of sp³-hybridized carbons (Fsp3) is 0.333. The highest BCUT2D eigenvalue weighted by Crippen LogP contribution is 2.28. The number of para-hydroxylation sites is 1. The van der Waals surface area contributed by atoms with E-state index in [0.717, 1.165) is 50.2 Å². The van der Waals surface area contributed by atoms with Crippen LogP contribution < -0.4 is 14.7 Å². The van der Waals surface area contributed by atoms with Gasteiger partial charge in [-0.25, -0.2) is 9.97 Å². The normalized spacial score (nSPS) is 14.2. The largest absolute Gasteiger partial charge is 0.368 e. The van der Waals surface area contributed by atoms with Crippen molar-refractivity contribution in [1.82, 2.24) is 9.97 Å². The second-order valence-electron chi connectivity index (χ2n) is 7.52. The summed E-state index contributed by atoms with van der Waals surface area (Å²) in [7, 11) is 0. The molecule has 0 bridgehead atoms. The fourth-order valence-corrected chi connectivity index (χ4v) is 3.94. The van der Waals surface area contributed by atoms with Crippen molar-refractivity contribution in [2.24, 2.45) is 0 Å². The Hall–Kier alpha value is -3.08. The Morgan fingerprint density at radius 2 is 1.55 bits per heavy atom. The Bertz CT molecular complexity index is 948. The lowest BCUT2D eigenvalue weighted by Gasteiger charge is -2.37. The zero-order valence-electron chi connectivity index (χ0n) is 17.5. The van der Waals surface area contributed by atoms with Crippen LogP contribution in [0.4, 0.5) is 23.0 Å². The molecule has 2 aromatic carbocycles. The topological polar surface area (TPSA) is 35.5 Å². The molecule has 2 heterocycles. The highest BCUT2D eigenvalue weighted by atomic mass is 15.3. The first-order valence-electron chi connectivity index (χ1n) is 10.4. The van der Waals surface area contributed by atoms with E-state index in [4.69, 9.17) is 9.97 Å². The summed E-state index contributed by atoms with van der Waals surface area (Å²) in [6.07, 6.45) is 0. The van der Waals surface area contributed by atoms with E-state index in [1.54, 1.807) is 0 Å². The van der Waals surface area contributed by atoms with E-state index in [0.29, 0.717) is 0 Å². The van der Waals surface area contributed by atoms with Gasteiger partial charge in [-0.3, -0.25) is 0 Å². The number of aromatic nitrogens is 2. The Balaban J connectivity index is 1.54. The van der Waals surface area contributed by atoms with Gasteiger partial charge in [0.1, 0.15) is 17.5 Å². The van der Waals surface area contributed by atoms with Crippen molar-refractivity contribution in [3.63, 3.8) is 0 Å². The molecule has 4 rings (SSSR count). The number of rotatable bonds is 5. The van der Waals surface area contributed by atoms with Crippen LogP contribution in [0.1, 0.15) is 18.3 Å². The molecule has 0 unspecified atom stereocenters. The molecule has 1 fully saturated rings. The average molecular weight is 388 g/mol. The quantitative estimate of drug-likeness (QED) is 0.640.